The van der Waals surface area contributed by atoms with Crippen molar-refractivity contribution in [1.29, 1.82) is 0 Å². The molecule has 0 bridgehead atoms. The second-order valence-corrected chi connectivity index (χ2v) is 20.9. The maximum absolute atomic E-state index is 2.72. The third-order valence-corrected chi connectivity index (χ3v) is 20.7. The molecular weight excluding hydrogens is 355 g/mol. The summed E-state index contributed by atoms with van der Waals surface area (Å²) < 4.78 is 6.24. The van der Waals surface area contributed by atoms with Crippen LogP contribution in [-0.4, -0.2) is 0 Å². The molecule has 0 N–H and O–H groups in total. The minimum absolute atomic E-state index is 0.397. The second kappa shape index (κ2) is 7.39. The number of rotatable bonds is 8. The van der Waals surface area contributed by atoms with Gasteiger partial charge in [0.15, 0.2) is 0 Å². The Balaban J connectivity index is 2.47. The van der Waals surface area contributed by atoms with E-state index in [-0.39, 0.29) is 0 Å². The first-order valence-electron chi connectivity index (χ1n) is 9.60. The van der Waals surface area contributed by atoms with Crippen LogP contribution in [0.25, 0.3) is 0 Å². The Morgan fingerprint density at radius 3 is 1.43 bits per heavy atom. The van der Waals surface area contributed by atoms with E-state index < -0.39 is 20.3 Å². The zero-order chi connectivity index (χ0) is 17.1. The van der Waals surface area contributed by atoms with E-state index >= 15 is 0 Å². The van der Waals surface area contributed by atoms with Crippen molar-refractivity contribution in [1.82, 2.24) is 0 Å². The molecule has 0 heterocycles. The van der Waals surface area contributed by atoms with Crippen LogP contribution in [0.2, 0.25) is 15.5 Å². The topological polar surface area (TPSA) is 0 Å². The normalized spacial score (nSPS) is 30.0. The van der Waals surface area contributed by atoms with Gasteiger partial charge >= 0.3 is 150 Å². The van der Waals surface area contributed by atoms with Crippen LogP contribution in [0.5, 0.6) is 0 Å². The molecule has 0 fully saturated rings. The van der Waals surface area contributed by atoms with Crippen LogP contribution in [0.4, 0.5) is 0 Å². The third kappa shape index (κ3) is 3.46. The van der Waals surface area contributed by atoms with Crippen LogP contribution in [0, 0.1) is 0 Å². The van der Waals surface area contributed by atoms with Crippen molar-refractivity contribution < 1.29 is 20.3 Å². The van der Waals surface area contributed by atoms with Crippen LogP contribution in [-0.2, 0) is 20.3 Å². The molecule has 0 saturated carbocycles. The molecule has 0 aromatic rings. The second-order valence-electron chi connectivity index (χ2n) is 8.36. The summed E-state index contributed by atoms with van der Waals surface area (Å²) in [5, 5.41) is 0. The molecule has 0 spiro atoms. The molecule has 1 heteroatoms. The summed E-state index contributed by atoms with van der Waals surface area (Å²) in [6, 6.07) is 0. The van der Waals surface area contributed by atoms with Crippen LogP contribution < -0.4 is 0 Å². The van der Waals surface area contributed by atoms with E-state index in [2.05, 4.69) is 73.4 Å². The fraction of sp³-hybridized carbons (Fsp3) is 0.636. The first-order valence-corrected chi connectivity index (χ1v) is 17.0. The Kier molecular flexibility index (Phi) is 6.16. The number of unbranched alkanes of at least 4 members (excludes halogenated alkanes) is 2. The van der Waals surface area contributed by atoms with Crippen molar-refractivity contribution in [3.8, 4) is 0 Å². The van der Waals surface area contributed by atoms with Gasteiger partial charge in [-0.3, -0.25) is 0 Å². The molecule has 2 atom stereocenters. The van der Waals surface area contributed by atoms with E-state index in [4.69, 9.17) is 0 Å². The average Bonchev–Trinajstić information content (AvgIpc) is 3.08. The summed E-state index contributed by atoms with van der Waals surface area (Å²) in [5.41, 5.74) is 2.97. The monoisotopic (exact) mass is 390 g/mol. The van der Waals surface area contributed by atoms with Crippen LogP contribution in [0.1, 0.15) is 66.2 Å². The first-order chi connectivity index (χ1) is 10.8. The molecule has 0 saturated heterocycles. The number of hydrogen-bond donors (Lipinski definition) is 0. The van der Waals surface area contributed by atoms with Gasteiger partial charge in [-0.2, -0.15) is 0 Å². The summed E-state index contributed by atoms with van der Waals surface area (Å²) in [6.07, 6.45) is 23.3. The van der Waals surface area contributed by atoms with Gasteiger partial charge in [0.05, 0.1) is 0 Å². The molecular formula is C22H36Zr. The molecule has 0 aliphatic heterocycles. The van der Waals surface area contributed by atoms with Gasteiger partial charge in [0, 0.05) is 0 Å². The van der Waals surface area contributed by atoms with E-state index in [1.807, 2.05) is 0 Å². The molecule has 0 nitrogen and oxygen atoms in total. The SMILES string of the molecule is CCCC[C]1([Zr]([CH3])([CH3])[C]2(CCCC)C=CC(C)=C2)C=CC(C)=C1. The third-order valence-electron chi connectivity index (χ3n) is 6.47. The molecule has 128 valence electrons. The van der Waals surface area contributed by atoms with Crippen molar-refractivity contribution in [2.75, 3.05) is 0 Å². The molecule has 0 amide bonds. The molecule has 23 heavy (non-hydrogen) atoms. The van der Waals surface area contributed by atoms with E-state index in [9.17, 15) is 0 Å². The predicted octanol–water partition coefficient (Wildman–Crippen LogP) is 7.97. The Morgan fingerprint density at radius 1 is 0.783 bits per heavy atom. The molecule has 2 aliphatic carbocycles. The van der Waals surface area contributed by atoms with Gasteiger partial charge < -0.3 is 0 Å². The van der Waals surface area contributed by atoms with Crippen LogP contribution in [0.3, 0.4) is 0 Å². The van der Waals surface area contributed by atoms with Gasteiger partial charge in [-0.1, -0.05) is 0 Å². The van der Waals surface area contributed by atoms with Crippen molar-refractivity contribution in [3.63, 3.8) is 0 Å². The number of allylic oxidation sites excluding steroid dienone is 8. The Bertz CT molecular complexity index is 498. The molecule has 2 aliphatic rings. The van der Waals surface area contributed by atoms with Gasteiger partial charge in [-0.15, -0.1) is 0 Å². The van der Waals surface area contributed by atoms with E-state index in [1.165, 1.54) is 49.7 Å². The predicted molar refractivity (Wildman–Crippen MR) is 102 cm³/mol. The Morgan fingerprint density at radius 2 is 1.17 bits per heavy atom. The molecule has 0 aromatic carbocycles. The van der Waals surface area contributed by atoms with Crippen molar-refractivity contribution in [2.24, 2.45) is 0 Å². The zero-order valence-electron chi connectivity index (χ0n) is 16.2. The van der Waals surface area contributed by atoms with Crippen molar-refractivity contribution in [2.45, 2.75) is 81.7 Å². The molecule has 0 aromatic heterocycles. The first kappa shape index (κ1) is 19.2. The average molecular weight is 392 g/mol. The van der Waals surface area contributed by atoms with Crippen LogP contribution >= 0.6 is 0 Å². The summed E-state index contributed by atoms with van der Waals surface area (Å²) in [4.78, 5) is 0. The van der Waals surface area contributed by atoms with Gasteiger partial charge in [0.25, 0.3) is 0 Å². The zero-order valence-corrected chi connectivity index (χ0v) is 18.7. The molecule has 0 radical (unpaired) electrons. The minimum atomic E-state index is -2.55. The van der Waals surface area contributed by atoms with E-state index in [0.717, 1.165) is 0 Å². The fourth-order valence-electron chi connectivity index (χ4n) is 4.65. The molecule has 2 unspecified atom stereocenters. The summed E-state index contributed by atoms with van der Waals surface area (Å²) in [6.45, 7) is 9.24. The van der Waals surface area contributed by atoms with Crippen molar-refractivity contribution in [3.05, 3.63) is 47.6 Å². The van der Waals surface area contributed by atoms with Gasteiger partial charge in [0.1, 0.15) is 0 Å². The Hall–Kier alpha value is -0.157. The maximum atomic E-state index is 2.72. The van der Waals surface area contributed by atoms with E-state index in [1.54, 1.807) is 0 Å². The summed E-state index contributed by atoms with van der Waals surface area (Å²) in [5.74, 6) is 0. The quantitative estimate of drug-likeness (QED) is 0.393. The number of hydrogen-bond acceptors (Lipinski definition) is 0. The molecule has 2 rings (SSSR count). The van der Waals surface area contributed by atoms with Gasteiger partial charge in [-0.25, -0.2) is 0 Å². The van der Waals surface area contributed by atoms with Crippen molar-refractivity contribution >= 4 is 0 Å². The summed E-state index contributed by atoms with van der Waals surface area (Å²) >= 11 is -2.55. The van der Waals surface area contributed by atoms with Gasteiger partial charge in [0.2, 0.25) is 0 Å². The van der Waals surface area contributed by atoms with E-state index in [0.29, 0.717) is 6.25 Å². The Labute approximate surface area is 149 Å². The van der Waals surface area contributed by atoms with Gasteiger partial charge in [-0.05, 0) is 0 Å². The standard InChI is InChI=1S/2C10H15.2CH3.Zr/c2*1-3-4-5-10-7-6-9(2)8-10;;;/h2*6-8H,3-5H2,1-2H3;2*1H3;. The fourth-order valence-corrected chi connectivity index (χ4v) is 16.1. The summed E-state index contributed by atoms with van der Waals surface area (Å²) in [7, 11) is 0. The van der Waals surface area contributed by atoms with Crippen LogP contribution in [0.15, 0.2) is 47.6 Å².